The minimum atomic E-state index is -0.0234. The van der Waals surface area contributed by atoms with Gasteiger partial charge in [0, 0.05) is 43.0 Å². The minimum Gasteiger partial charge on any atom is -0.356 e. The van der Waals surface area contributed by atoms with Gasteiger partial charge in [-0.2, -0.15) is 0 Å². The molecule has 0 bridgehead atoms. The number of guanidine groups is 1. The summed E-state index contributed by atoms with van der Waals surface area (Å²) in [5.74, 6) is 0.626. The zero-order valence-electron chi connectivity index (χ0n) is 14.9. The van der Waals surface area contributed by atoms with E-state index in [0.29, 0.717) is 12.5 Å². The quantitative estimate of drug-likeness (QED) is 0.545. The van der Waals surface area contributed by atoms with Gasteiger partial charge in [0.2, 0.25) is 5.91 Å². The lowest BCUT2D eigenvalue weighted by Crippen LogP contribution is -2.39. The molecule has 0 aliphatic carbocycles. The predicted octanol–water partition coefficient (Wildman–Crippen LogP) is 2.13. The summed E-state index contributed by atoms with van der Waals surface area (Å²) in [5, 5.41) is 9.74. The third-order valence-corrected chi connectivity index (χ3v) is 5.54. The number of carbonyl (C=O) groups is 1. The molecule has 6 nitrogen and oxygen atoms in total. The lowest BCUT2D eigenvalue weighted by Gasteiger charge is -2.13. The molecule has 1 amide bonds. The number of aryl methyl sites for hydroxylation is 1. The number of amides is 1. The number of hydrogen-bond donors (Lipinski definition) is 2. The number of nitrogens with zero attached hydrogens (tertiary/aromatic N) is 3. The first-order valence-corrected chi connectivity index (χ1v) is 9.96. The van der Waals surface area contributed by atoms with Crippen molar-refractivity contribution in [3.63, 3.8) is 0 Å². The highest BCUT2D eigenvalue weighted by Gasteiger charge is 2.06. The molecule has 0 aromatic carbocycles. The summed E-state index contributed by atoms with van der Waals surface area (Å²) in [5.41, 5.74) is 0. The third-order valence-electron chi connectivity index (χ3n) is 3.46. The monoisotopic (exact) mass is 379 g/mol. The second-order valence-corrected chi connectivity index (χ2v) is 7.87. The van der Waals surface area contributed by atoms with Gasteiger partial charge in [-0.05, 0) is 17.9 Å². The standard InChI is InChI=1S/C17H25N5OS2/c1-4-13-10-19-15(25-13)7-8-18-17(21-12-16(23)22(2)3)20-11-14-6-5-9-24-14/h5-6,9-10H,4,7-8,11-12H2,1-3H3,(H2,18,20,21). The molecule has 2 aromatic rings. The summed E-state index contributed by atoms with van der Waals surface area (Å²) >= 11 is 3.44. The number of aromatic nitrogens is 1. The summed E-state index contributed by atoms with van der Waals surface area (Å²) in [6.45, 7) is 3.68. The van der Waals surface area contributed by atoms with Gasteiger partial charge in [0.1, 0.15) is 6.54 Å². The Bertz CT molecular complexity index is 679. The molecule has 2 aromatic heterocycles. The smallest absolute Gasteiger partial charge is 0.243 e. The van der Waals surface area contributed by atoms with Crippen LogP contribution in [-0.2, 0) is 24.2 Å². The molecule has 136 valence electrons. The molecule has 25 heavy (non-hydrogen) atoms. The van der Waals surface area contributed by atoms with Crippen molar-refractivity contribution in [1.82, 2.24) is 20.5 Å². The Labute approximate surface area is 157 Å². The maximum atomic E-state index is 11.8. The fraction of sp³-hybridized carbons (Fsp3) is 0.471. The van der Waals surface area contributed by atoms with Crippen molar-refractivity contribution in [1.29, 1.82) is 0 Å². The fourth-order valence-electron chi connectivity index (χ4n) is 1.96. The summed E-state index contributed by atoms with van der Waals surface area (Å²) in [6, 6.07) is 4.09. The molecule has 0 unspecified atom stereocenters. The van der Waals surface area contributed by atoms with Crippen LogP contribution < -0.4 is 10.6 Å². The van der Waals surface area contributed by atoms with Crippen molar-refractivity contribution >= 4 is 34.5 Å². The normalized spacial score (nSPS) is 11.4. The van der Waals surface area contributed by atoms with Crippen LogP contribution in [0.3, 0.4) is 0 Å². The van der Waals surface area contributed by atoms with E-state index >= 15 is 0 Å². The second kappa shape index (κ2) is 10.1. The second-order valence-electron chi connectivity index (χ2n) is 5.64. The Hall–Kier alpha value is -1.93. The van der Waals surface area contributed by atoms with Crippen LogP contribution in [0.2, 0.25) is 0 Å². The van der Waals surface area contributed by atoms with E-state index in [0.717, 1.165) is 24.4 Å². The van der Waals surface area contributed by atoms with Crippen molar-refractivity contribution in [3.8, 4) is 0 Å². The van der Waals surface area contributed by atoms with Gasteiger partial charge in [0.05, 0.1) is 11.6 Å². The molecule has 0 saturated heterocycles. The Morgan fingerprint density at radius 1 is 1.32 bits per heavy atom. The van der Waals surface area contributed by atoms with Crippen molar-refractivity contribution in [3.05, 3.63) is 38.5 Å². The molecule has 0 radical (unpaired) electrons. The highest BCUT2D eigenvalue weighted by atomic mass is 32.1. The first-order chi connectivity index (χ1) is 12.1. The lowest BCUT2D eigenvalue weighted by atomic mass is 10.4. The van der Waals surface area contributed by atoms with E-state index in [1.165, 1.54) is 9.75 Å². The molecular weight excluding hydrogens is 354 g/mol. The molecule has 2 N–H and O–H groups in total. The Balaban J connectivity index is 1.87. The average molecular weight is 380 g/mol. The van der Waals surface area contributed by atoms with E-state index < -0.39 is 0 Å². The molecule has 8 heteroatoms. The number of likely N-dealkylation sites (N-methyl/N-ethyl adjacent to an activating group) is 1. The zero-order valence-corrected chi connectivity index (χ0v) is 16.5. The van der Waals surface area contributed by atoms with Crippen LogP contribution in [-0.4, -0.2) is 48.9 Å². The predicted molar refractivity (Wildman–Crippen MR) is 105 cm³/mol. The SMILES string of the molecule is CCc1cnc(CCNC(=NCC(=O)N(C)C)NCc2cccs2)s1. The summed E-state index contributed by atoms with van der Waals surface area (Å²) in [4.78, 5) is 24.7. The first-order valence-electron chi connectivity index (χ1n) is 8.26. The molecule has 0 atom stereocenters. The number of thiazole rings is 1. The third kappa shape index (κ3) is 6.83. The van der Waals surface area contributed by atoms with Gasteiger partial charge in [0.25, 0.3) is 0 Å². The van der Waals surface area contributed by atoms with Crippen LogP contribution in [0, 0.1) is 0 Å². The molecule has 0 fully saturated rings. The molecule has 2 heterocycles. The highest BCUT2D eigenvalue weighted by Crippen LogP contribution is 2.13. The average Bonchev–Trinajstić information content (AvgIpc) is 3.27. The minimum absolute atomic E-state index is 0.0234. The highest BCUT2D eigenvalue weighted by molar-refractivity contribution is 7.11. The Morgan fingerprint density at radius 2 is 2.16 bits per heavy atom. The first kappa shape index (κ1) is 19.4. The summed E-state index contributed by atoms with van der Waals surface area (Å²) in [7, 11) is 3.47. The summed E-state index contributed by atoms with van der Waals surface area (Å²) in [6.07, 6.45) is 3.80. The van der Waals surface area contributed by atoms with Crippen LogP contribution in [0.1, 0.15) is 21.7 Å². The summed E-state index contributed by atoms with van der Waals surface area (Å²) < 4.78 is 0. The van der Waals surface area contributed by atoms with Crippen molar-refractivity contribution < 1.29 is 4.79 Å². The van der Waals surface area contributed by atoms with Gasteiger partial charge in [-0.1, -0.05) is 13.0 Å². The fourth-order valence-corrected chi connectivity index (χ4v) is 3.47. The van der Waals surface area contributed by atoms with E-state index in [4.69, 9.17) is 0 Å². The number of thiophene rings is 1. The van der Waals surface area contributed by atoms with Gasteiger partial charge in [0.15, 0.2) is 5.96 Å². The van der Waals surface area contributed by atoms with Gasteiger partial charge in [-0.25, -0.2) is 9.98 Å². The molecule has 2 rings (SSSR count). The largest absolute Gasteiger partial charge is 0.356 e. The lowest BCUT2D eigenvalue weighted by molar-refractivity contribution is -0.127. The molecule has 0 aliphatic rings. The molecular formula is C17H25N5OS2. The number of rotatable bonds is 8. The van der Waals surface area contributed by atoms with E-state index in [-0.39, 0.29) is 12.5 Å². The molecule has 0 spiro atoms. The number of hydrogen-bond acceptors (Lipinski definition) is 5. The number of aliphatic imine (C=N–C) groups is 1. The van der Waals surface area contributed by atoms with Gasteiger partial charge < -0.3 is 15.5 Å². The maximum absolute atomic E-state index is 11.8. The van der Waals surface area contributed by atoms with Crippen LogP contribution in [0.5, 0.6) is 0 Å². The number of carbonyl (C=O) groups excluding carboxylic acids is 1. The van der Waals surface area contributed by atoms with Crippen molar-refractivity contribution in [2.24, 2.45) is 4.99 Å². The van der Waals surface area contributed by atoms with E-state index in [9.17, 15) is 4.79 Å². The Kier molecular flexibility index (Phi) is 7.87. The van der Waals surface area contributed by atoms with Crippen molar-refractivity contribution in [2.75, 3.05) is 27.2 Å². The van der Waals surface area contributed by atoms with Gasteiger partial charge >= 0.3 is 0 Å². The molecule has 0 aliphatic heterocycles. The van der Waals surface area contributed by atoms with E-state index in [1.54, 1.807) is 41.7 Å². The van der Waals surface area contributed by atoms with Crippen LogP contribution in [0.4, 0.5) is 0 Å². The van der Waals surface area contributed by atoms with Crippen molar-refractivity contribution in [2.45, 2.75) is 26.3 Å². The van der Waals surface area contributed by atoms with Crippen LogP contribution >= 0.6 is 22.7 Å². The van der Waals surface area contributed by atoms with E-state index in [1.807, 2.05) is 17.6 Å². The zero-order chi connectivity index (χ0) is 18.1. The van der Waals surface area contributed by atoms with Crippen LogP contribution in [0.25, 0.3) is 0 Å². The van der Waals surface area contributed by atoms with Gasteiger partial charge in [-0.15, -0.1) is 22.7 Å². The maximum Gasteiger partial charge on any atom is 0.243 e. The van der Waals surface area contributed by atoms with Crippen LogP contribution in [0.15, 0.2) is 28.7 Å². The molecule has 0 saturated carbocycles. The van der Waals surface area contributed by atoms with E-state index in [2.05, 4.69) is 33.6 Å². The number of nitrogens with one attached hydrogen (secondary N) is 2. The topological polar surface area (TPSA) is 69.6 Å². The Morgan fingerprint density at radius 3 is 2.80 bits per heavy atom. The van der Waals surface area contributed by atoms with Gasteiger partial charge in [-0.3, -0.25) is 4.79 Å².